The van der Waals surface area contributed by atoms with Crippen LogP contribution in [0.2, 0.25) is 0 Å². The number of urea groups is 1. The lowest BCUT2D eigenvalue weighted by Crippen LogP contribution is -2.48. The van der Waals surface area contributed by atoms with Crippen molar-refractivity contribution in [1.82, 2.24) is 20.4 Å². The standard InChI is InChI=1S/C17H19N5O4S/c1-10-4-3-5-12(11(10)2)18-14(24)9-27-17-21-20-15(26-17)8-22-7-6-13(23)19-16(22)25/h3-5H,6-9H2,1-2H3,(H,18,24)(H,19,23,25). The third-order valence-corrected chi connectivity index (χ3v) is 4.94. The van der Waals surface area contributed by atoms with Gasteiger partial charge in [-0.2, -0.15) is 0 Å². The number of carbonyl (C=O) groups excluding carboxylic acids is 3. The largest absolute Gasteiger partial charge is 0.414 e. The van der Waals surface area contributed by atoms with Crippen LogP contribution in [-0.4, -0.2) is 45.2 Å². The van der Waals surface area contributed by atoms with Crippen LogP contribution in [0.1, 0.15) is 23.4 Å². The van der Waals surface area contributed by atoms with Crippen LogP contribution in [-0.2, 0) is 16.1 Å². The molecule has 1 saturated heterocycles. The third-order valence-electron chi connectivity index (χ3n) is 4.12. The third kappa shape index (κ3) is 4.85. The molecule has 10 heteroatoms. The molecule has 0 spiro atoms. The van der Waals surface area contributed by atoms with Crippen LogP contribution in [0.4, 0.5) is 10.5 Å². The predicted octanol–water partition coefficient (Wildman–Crippen LogP) is 1.86. The van der Waals surface area contributed by atoms with Crippen molar-refractivity contribution in [1.29, 1.82) is 0 Å². The maximum absolute atomic E-state index is 12.1. The minimum Gasteiger partial charge on any atom is -0.414 e. The number of hydrogen-bond acceptors (Lipinski definition) is 7. The van der Waals surface area contributed by atoms with Gasteiger partial charge in [0, 0.05) is 18.7 Å². The first kappa shape index (κ1) is 18.9. The van der Waals surface area contributed by atoms with Crippen LogP contribution in [0.15, 0.2) is 27.8 Å². The van der Waals surface area contributed by atoms with Crippen molar-refractivity contribution in [2.24, 2.45) is 0 Å². The van der Waals surface area contributed by atoms with E-state index in [1.807, 2.05) is 32.0 Å². The molecule has 0 radical (unpaired) electrons. The van der Waals surface area contributed by atoms with E-state index >= 15 is 0 Å². The molecule has 0 bridgehead atoms. The fraction of sp³-hybridized carbons (Fsp3) is 0.353. The van der Waals surface area contributed by atoms with Crippen LogP contribution in [0, 0.1) is 13.8 Å². The molecule has 4 amide bonds. The Morgan fingerprint density at radius 3 is 2.93 bits per heavy atom. The fourth-order valence-corrected chi connectivity index (χ4v) is 3.05. The molecule has 0 atom stereocenters. The molecule has 2 aromatic rings. The Kier molecular flexibility index (Phi) is 5.75. The van der Waals surface area contributed by atoms with Crippen molar-refractivity contribution >= 4 is 35.3 Å². The van der Waals surface area contributed by atoms with Gasteiger partial charge in [-0.3, -0.25) is 14.9 Å². The average molecular weight is 389 g/mol. The van der Waals surface area contributed by atoms with Gasteiger partial charge in [-0.15, -0.1) is 10.2 Å². The first-order valence-corrected chi connectivity index (χ1v) is 9.31. The van der Waals surface area contributed by atoms with Gasteiger partial charge < -0.3 is 14.6 Å². The molecular formula is C17H19N5O4S. The summed E-state index contributed by atoms with van der Waals surface area (Å²) in [7, 11) is 0. The summed E-state index contributed by atoms with van der Waals surface area (Å²) in [5, 5.41) is 13.1. The van der Waals surface area contributed by atoms with E-state index in [-0.39, 0.29) is 41.6 Å². The molecule has 2 N–H and O–H groups in total. The number of aryl methyl sites for hydroxylation is 1. The molecule has 1 aliphatic rings. The Bertz CT molecular complexity index is 882. The molecule has 27 heavy (non-hydrogen) atoms. The SMILES string of the molecule is Cc1cccc(NC(=O)CSc2nnc(CN3CCC(=O)NC3=O)o2)c1C. The second-order valence-corrected chi connectivity index (χ2v) is 7.00. The van der Waals surface area contributed by atoms with E-state index in [4.69, 9.17) is 4.42 Å². The Hall–Kier alpha value is -2.88. The number of hydrogen-bond donors (Lipinski definition) is 2. The summed E-state index contributed by atoms with van der Waals surface area (Å²) in [6, 6.07) is 5.24. The predicted molar refractivity (Wildman–Crippen MR) is 98.1 cm³/mol. The van der Waals surface area contributed by atoms with E-state index < -0.39 is 6.03 Å². The molecule has 0 aliphatic carbocycles. The maximum Gasteiger partial charge on any atom is 0.324 e. The molecule has 3 rings (SSSR count). The minimum atomic E-state index is -0.480. The Morgan fingerprint density at radius 2 is 2.15 bits per heavy atom. The zero-order valence-corrected chi connectivity index (χ0v) is 15.8. The Balaban J connectivity index is 1.50. The number of anilines is 1. The topological polar surface area (TPSA) is 117 Å². The summed E-state index contributed by atoms with van der Waals surface area (Å²) < 4.78 is 5.46. The van der Waals surface area contributed by atoms with Crippen molar-refractivity contribution in [2.75, 3.05) is 17.6 Å². The van der Waals surface area contributed by atoms with Gasteiger partial charge in [0.1, 0.15) is 6.54 Å². The highest BCUT2D eigenvalue weighted by molar-refractivity contribution is 7.99. The lowest BCUT2D eigenvalue weighted by Gasteiger charge is -2.24. The van der Waals surface area contributed by atoms with E-state index in [0.717, 1.165) is 28.6 Å². The first-order valence-electron chi connectivity index (χ1n) is 8.32. The zero-order chi connectivity index (χ0) is 19.4. The van der Waals surface area contributed by atoms with Crippen molar-refractivity contribution in [3.63, 3.8) is 0 Å². The minimum absolute atomic E-state index is 0.112. The summed E-state index contributed by atoms with van der Waals surface area (Å²) in [4.78, 5) is 36.4. The molecule has 1 aromatic heterocycles. The highest BCUT2D eigenvalue weighted by Crippen LogP contribution is 2.20. The second-order valence-electron chi connectivity index (χ2n) is 6.07. The van der Waals surface area contributed by atoms with Gasteiger partial charge in [0.15, 0.2) is 0 Å². The van der Waals surface area contributed by atoms with Crippen molar-refractivity contribution < 1.29 is 18.8 Å². The number of benzene rings is 1. The van der Waals surface area contributed by atoms with Gasteiger partial charge in [0.2, 0.25) is 17.7 Å². The van der Waals surface area contributed by atoms with Crippen molar-refractivity contribution in [3.05, 3.63) is 35.2 Å². The number of amides is 4. The van der Waals surface area contributed by atoms with Gasteiger partial charge in [0.05, 0.1) is 5.75 Å². The molecule has 9 nitrogen and oxygen atoms in total. The number of thioether (sulfide) groups is 1. The maximum atomic E-state index is 12.1. The van der Waals surface area contributed by atoms with Gasteiger partial charge in [-0.1, -0.05) is 23.9 Å². The first-order chi connectivity index (χ1) is 12.9. The van der Waals surface area contributed by atoms with Gasteiger partial charge >= 0.3 is 6.03 Å². The lowest BCUT2D eigenvalue weighted by molar-refractivity contribution is -0.121. The molecule has 1 aromatic carbocycles. The van der Waals surface area contributed by atoms with Gasteiger partial charge in [0.25, 0.3) is 5.22 Å². The van der Waals surface area contributed by atoms with Gasteiger partial charge in [-0.05, 0) is 31.0 Å². The highest BCUT2D eigenvalue weighted by Gasteiger charge is 2.24. The van der Waals surface area contributed by atoms with Crippen molar-refractivity contribution in [3.8, 4) is 0 Å². The number of nitrogens with zero attached hydrogens (tertiary/aromatic N) is 3. The van der Waals surface area contributed by atoms with Crippen LogP contribution in [0.25, 0.3) is 0 Å². The highest BCUT2D eigenvalue weighted by atomic mass is 32.2. The van der Waals surface area contributed by atoms with E-state index in [1.165, 1.54) is 4.90 Å². The smallest absolute Gasteiger partial charge is 0.324 e. The molecule has 0 unspecified atom stereocenters. The van der Waals surface area contributed by atoms with Gasteiger partial charge in [-0.25, -0.2) is 4.79 Å². The molecule has 2 heterocycles. The average Bonchev–Trinajstić information content (AvgIpc) is 3.07. The molecule has 142 valence electrons. The molecule has 1 aliphatic heterocycles. The van der Waals surface area contributed by atoms with Crippen LogP contribution < -0.4 is 10.6 Å². The van der Waals surface area contributed by atoms with E-state index in [0.29, 0.717) is 6.54 Å². The quantitative estimate of drug-likeness (QED) is 0.724. The Morgan fingerprint density at radius 1 is 1.33 bits per heavy atom. The molecule has 1 fully saturated rings. The van der Waals surface area contributed by atoms with Crippen molar-refractivity contribution in [2.45, 2.75) is 32.0 Å². The zero-order valence-electron chi connectivity index (χ0n) is 14.9. The van der Waals surface area contributed by atoms with Crippen LogP contribution in [0.3, 0.4) is 0 Å². The van der Waals surface area contributed by atoms with E-state index in [1.54, 1.807) is 0 Å². The molecule has 0 saturated carbocycles. The van der Waals surface area contributed by atoms with Crippen LogP contribution in [0.5, 0.6) is 0 Å². The normalized spacial score (nSPS) is 14.2. The summed E-state index contributed by atoms with van der Waals surface area (Å²) in [6.07, 6.45) is 0.236. The number of carbonyl (C=O) groups is 3. The number of imide groups is 1. The summed E-state index contributed by atoms with van der Waals surface area (Å²) in [5.41, 5.74) is 2.90. The number of aromatic nitrogens is 2. The summed E-state index contributed by atoms with van der Waals surface area (Å²) in [6.45, 7) is 4.35. The summed E-state index contributed by atoms with van der Waals surface area (Å²) >= 11 is 1.12. The van der Waals surface area contributed by atoms with E-state index in [9.17, 15) is 14.4 Å². The summed E-state index contributed by atoms with van der Waals surface area (Å²) in [5.74, 6) is -0.111. The van der Waals surface area contributed by atoms with E-state index in [2.05, 4.69) is 20.8 Å². The Labute approximate surface area is 159 Å². The van der Waals surface area contributed by atoms with Crippen LogP contribution >= 0.6 is 11.8 Å². The lowest BCUT2D eigenvalue weighted by atomic mass is 10.1. The molecular weight excluding hydrogens is 370 g/mol. The number of rotatable bonds is 6. The second kappa shape index (κ2) is 8.21. The fourth-order valence-electron chi connectivity index (χ4n) is 2.47. The monoisotopic (exact) mass is 389 g/mol. The number of nitrogens with one attached hydrogen (secondary N) is 2.